The van der Waals surface area contributed by atoms with E-state index >= 15 is 0 Å². The molecule has 0 spiro atoms. The summed E-state index contributed by atoms with van der Waals surface area (Å²) in [6.45, 7) is 8.38. The van der Waals surface area contributed by atoms with Gasteiger partial charge in [-0.1, -0.05) is 6.07 Å². The highest BCUT2D eigenvalue weighted by molar-refractivity contribution is 5.76. The lowest BCUT2D eigenvalue weighted by molar-refractivity contribution is -0.134. The Kier molecular flexibility index (Phi) is 5.72. The number of aromatic nitrogens is 1. The minimum Gasteiger partial charge on any atom is -0.381 e. The van der Waals surface area contributed by atoms with Crippen molar-refractivity contribution in [3.63, 3.8) is 0 Å². The van der Waals surface area contributed by atoms with Crippen LogP contribution in [0.25, 0.3) is 0 Å². The van der Waals surface area contributed by atoms with Gasteiger partial charge in [0.25, 0.3) is 0 Å². The number of nitrogens with zero attached hydrogens (tertiary/aromatic N) is 3. The molecular formula is C19H29N3O2. The third-order valence-electron chi connectivity index (χ3n) is 5.17. The first-order chi connectivity index (χ1) is 11.6. The summed E-state index contributed by atoms with van der Waals surface area (Å²) >= 11 is 0. The Labute approximate surface area is 145 Å². The third kappa shape index (κ3) is 4.26. The molecule has 0 aromatic carbocycles. The summed E-state index contributed by atoms with van der Waals surface area (Å²) in [7, 11) is 0. The molecule has 2 aliphatic heterocycles. The maximum absolute atomic E-state index is 12.6. The van der Waals surface area contributed by atoms with E-state index < -0.39 is 0 Å². The van der Waals surface area contributed by atoms with Crippen molar-refractivity contribution in [2.45, 2.75) is 45.6 Å². The summed E-state index contributed by atoms with van der Waals surface area (Å²) in [5.74, 6) is 1.88. The molecule has 2 saturated heterocycles. The van der Waals surface area contributed by atoms with Gasteiger partial charge in [-0.05, 0) is 51.2 Å². The minimum atomic E-state index is 0.233. The zero-order valence-corrected chi connectivity index (χ0v) is 14.9. The second-order valence-electron chi connectivity index (χ2n) is 7.14. The summed E-state index contributed by atoms with van der Waals surface area (Å²) in [5, 5.41) is 0. The fourth-order valence-corrected chi connectivity index (χ4v) is 3.75. The molecule has 0 bridgehead atoms. The lowest BCUT2D eigenvalue weighted by Gasteiger charge is -2.40. The van der Waals surface area contributed by atoms with Crippen LogP contribution in [0, 0.1) is 12.8 Å². The Balaban J connectivity index is 1.50. The molecule has 3 rings (SSSR count). The molecule has 0 N–H and O–H groups in total. The van der Waals surface area contributed by atoms with Gasteiger partial charge in [0, 0.05) is 51.0 Å². The molecule has 2 aliphatic rings. The van der Waals surface area contributed by atoms with Gasteiger partial charge in [-0.3, -0.25) is 4.79 Å². The van der Waals surface area contributed by atoms with Gasteiger partial charge in [0.15, 0.2) is 0 Å². The highest BCUT2D eigenvalue weighted by Crippen LogP contribution is 2.22. The van der Waals surface area contributed by atoms with Crippen LogP contribution in [0.3, 0.4) is 0 Å². The van der Waals surface area contributed by atoms with Crippen LogP contribution in [0.15, 0.2) is 18.2 Å². The molecule has 5 heteroatoms. The van der Waals surface area contributed by atoms with Crippen molar-refractivity contribution in [3.8, 4) is 0 Å². The number of ether oxygens (including phenoxy) is 1. The number of amides is 1. The molecule has 1 amide bonds. The number of piperazine rings is 1. The second-order valence-corrected chi connectivity index (χ2v) is 7.14. The lowest BCUT2D eigenvalue weighted by Crippen LogP contribution is -2.54. The molecule has 0 aliphatic carbocycles. The Bertz CT molecular complexity index is 557. The number of carbonyl (C=O) groups is 1. The summed E-state index contributed by atoms with van der Waals surface area (Å²) in [6, 6.07) is 6.35. The van der Waals surface area contributed by atoms with E-state index in [1.54, 1.807) is 0 Å². The van der Waals surface area contributed by atoms with Gasteiger partial charge in [-0.25, -0.2) is 4.98 Å². The third-order valence-corrected chi connectivity index (χ3v) is 5.17. The van der Waals surface area contributed by atoms with Gasteiger partial charge in [-0.15, -0.1) is 0 Å². The van der Waals surface area contributed by atoms with E-state index in [-0.39, 0.29) is 6.04 Å². The van der Waals surface area contributed by atoms with Gasteiger partial charge >= 0.3 is 0 Å². The molecule has 24 heavy (non-hydrogen) atoms. The molecule has 5 nitrogen and oxygen atoms in total. The van der Waals surface area contributed by atoms with Crippen molar-refractivity contribution in [3.05, 3.63) is 23.9 Å². The van der Waals surface area contributed by atoms with Crippen molar-refractivity contribution >= 4 is 11.7 Å². The van der Waals surface area contributed by atoms with Gasteiger partial charge < -0.3 is 14.5 Å². The fourth-order valence-electron chi connectivity index (χ4n) is 3.75. The van der Waals surface area contributed by atoms with Gasteiger partial charge in [0.05, 0.1) is 0 Å². The van der Waals surface area contributed by atoms with Crippen molar-refractivity contribution in [2.75, 3.05) is 37.7 Å². The highest BCUT2D eigenvalue weighted by atomic mass is 16.5. The van der Waals surface area contributed by atoms with Crippen molar-refractivity contribution < 1.29 is 9.53 Å². The molecular weight excluding hydrogens is 302 g/mol. The summed E-state index contributed by atoms with van der Waals surface area (Å²) in [6.07, 6.45) is 3.96. The van der Waals surface area contributed by atoms with Gasteiger partial charge in [0.1, 0.15) is 5.82 Å². The fraction of sp³-hybridized carbons (Fsp3) is 0.684. The second kappa shape index (κ2) is 7.97. The average molecular weight is 331 g/mol. The van der Waals surface area contributed by atoms with Crippen LogP contribution in [0.5, 0.6) is 0 Å². The maximum Gasteiger partial charge on any atom is 0.222 e. The SMILES string of the molecule is Cc1cccc(N2CCN(C(=O)CC[C@@H]3CCCOC3)[C@H](C)C2)n1. The Morgan fingerprint density at radius 3 is 2.96 bits per heavy atom. The number of carbonyl (C=O) groups excluding carboxylic acids is 1. The number of rotatable bonds is 4. The standard InChI is InChI=1S/C19H29N3O2/c1-15-5-3-7-18(20-15)21-10-11-22(16(2)13-21)19(23)9-8-17-6-4-12-24-14-17/h3,5,7,16-17H,4,6,8-14H2,1-2H3/t16-,17+/m1/s1. The maximum atomic E-state index is 12.6. The van der Waals surface area contributed by atoms with Gasteiger partial charge in [-0.2, -0.15) is 0 Å². The molecule has 3 heterocycles. The number of aryl methyl sites for hydroxylation is 1. The number of pyridine rings is 1. The first kappa shape index (κ1) is 17.2. The van der Waals surface area contributed by atoms with E-state index in [9.17, 15) is 4.79 Å². The smallest absolute Gasteiger partial charge is 0.222 e. The lowest BCUT2D eigenvalue weighted by atomic mass is 9.96. The molecule has 0 radical (unpaired) electrons. The van der Waals surface area contributed by atoms with Crippen LogP contribution in [0.4, 0.5) is 5.82 Å². The van der Waals surface area contributed by atoms with E-state index in [4.69, 9.17) is 4.74 Å². The molecule has 1 aromatic heterocycles. The molecule has 2 atom stereocenters. The average Bonchev–Trinajstić information content (AvgIpc) is 2.60. The zero-order chi connectivity index (χ0) is 16.9. The zero-order valence-electron chi connectivity index (χ0n) is 14.9. The summed E-state index contributed by atoms with van der Waals surface area (Å²) in [4.78, 5) is 21.5. The normalized spacial score (nSPS) is 24.9. The topological polar surface area (TPSA) is 45.7 Å². The molecule has 0 saturated carbocycles. The van der Waals surface area contributed by atoms with Crippen molar-refractivity contribution in [1.82, 2.24) is 9.88 Å². The molecule has 0 unspecified atom stereocenters. The predicted octanol–water partition coefficient (Wildman–Crippen LogP) is 2.63. The summed E-state index contributed by atoms with van der Waals surface area (Å²) < 4.78 is 5.52. The predicted molar refractivity (Wildman–Crippen MR) is 95.1 cm³/mol. The van der Waals surface area contributed by atoms with E-state index in [1.807, 2.05) is 19.1 Å². The van der Waals surface area contributed by atoms with Crippen LogP contribution >= 0.6 is 0 Å². The van der Waals surface area contributed by atoms with Crippen LogP contribution in [-0.4, -0.2) is 54.7 Å². The van der Waals surface area contributed by atoms with E-state index in [0.29, 0.717) is 18.2 Å². The monoisotopic (exact) mass is 331 g/mol. The minimum absolute atomic E-state index is 0.233. The number of hydrogen-bond donors (Lipinski definition) is 0. The Morgan fingerprint density at radius 2 is 2.25 bits per heavy atom. The quantitative estimate of drug-likeness (QED) is 0.851. The highest BCUT2D eigenvalue weighted by Gasteiger charge is 2.28. The Morgan fingerprint density at radius 1 is 1.38 bits per heavy atom. The van der Waals surface area contributed by atoms with Crippen molar-refractivity contribution in [2.24, 2.45) is 5.92 Å². The van der Waals surface area contributed by atoms with Crippen LogP contribution in [-0.2, 0) is 9.53 Å². The Hall–Kier alpha value is -1.62. The van der Waals surface area contributed by atoms with E-state index in [0.717, 1.165) is 57.2 Å². The van der Waals surface area contributed by atoms with Crippen LogP contribution < -0.4 is 4.90 Å². The first-order valence-corrected chi connectivity index (χ1v) is 9.19. The van der Waals surface area contributed by atoms with Gasteiger partial charge in [0.2, 0.25) is 5.91 Å². The number of anilines is 1. The first-order valence-electron chi connectivity index (χ1n) is 9.19. The number of hydrogen-bond acceptors (Lipinski definition) is 4. The largest absolute Gasteiger partial charge is 0.381 e. The van der Waals surface area contributed by atoms with Crippen LogP contribution in [0.1, 0.15) is 38.3 Å². The van der Waals surface area contributed by atoms with Crippen LogP contribution in [0.2, 0.25) is 0 Å². The molecule has 2 fully saturated rings. The van der Waals surface area contributed by atoms with E-state index in [1.165, 1.54) is 6.42 Å². The molecule has 132 valence electrons. The van der Waals surface area contributed by atoms with Crippen molar-refractivity contribution in [1.29, 1.82) is 0 Å². The summed E-state index contributed by atoms with van der Waals surface area (Å²) in [5.41, 5.74) is 1.04. The molecule has 1 aromatic rings. The van der Waals surface area contributed by atoms with E-state index in [2.05, 4.69) is 27.8 Å².